The van der Waals surface area contributed by atoms with Crippen LogP contribution in [0.5, 0.6) is 0 Å². The van der Waals surface area contributed by atoms with Crippen molar-refractivity contribution in [1.29, 1.82) is 0 Å². The van der Waals surface area contributed by atoms with Gasteiger partial charge < -0.3 is 14.4 Å². The molecule has 0 atom stereocenters. The first-order valence-corrected chi connectivity index (χ1v) is 16.3. The monoisotopic (exact) mass is 808 g/mol. The average molecular weight is 809 g/mol. The van der Waals surface area contributed by atoms with Gasteiger partial charge in [0.05, 0.1) is 0 Å². The third-order valence-electron chi connectivity index (χ3n) is 10.1. The molecule has 238 valence electrons. The Morgan fingerprint density at radius 3 is 2.04 bits per heavy atom. The third kappa shape index (κ3) is 4.17. The van der Waals surface area contributed by atoms with Gasteiger partial charge in [0.25, 0.3) is 0 Å². The molecule has 3 heterocycles. The molecular weight excluding hydrogens is 780 g/mol. The maximum Gasteiger partial charge on any atom is 0.135 e. The van der Waals surface area contributed by atoms with Crippen LogP contribution in [0.4, 0.5) is 17.1 Å². The summed E-state index contributed by atoms with van der Waals surface area (Å²) in [6.07, 6.45) is 1.86. The molecule has 0 fully saturated rings. The summed E-state index contributed by atoms with van der Waals surface area (Å²) < 4.78 is 2.25. The van der Waals surface area contributed by atoms with Crippen LogP contribution in [0, 0.1) is 18.8 Å². The van der Waals surface area contributed by atoms with E-state index in [0.717, 1.165) is 44.7 Å². The molecule has 1 aliphatic heterocycles. The number of anilines is 3. The third-order valence-corrected chi connectivity index (χ3v) is 10.1. The molecule has 6 aromatic carbocycles. The van der Waals surface area contributed by atoms with Crippen LogP contribution < -0.4 is 9.80 Å². The second-order valence-corrected chi connectivity index (χ2v) is 12.6. The molecule has 0 bridgehead atoms. The minimum Gasteiger partial charge on any atom is -0.504 e. The summed E-state index contributed by atoms with van der Waals surface area (Å²) in [5.74, 6) is 0.874. The molecule has 10 rings (SSSR count). The second-order valence-electron chi connectivity index (χ2n) is 12.6. The van der Waals surface area contributed by atoms with E-state index < -0.39 is 5.41 Å². The Kier molecular flexibility index (Phi) is 6.86. The zero-order valence-electron chi connectivity index (χ0n) is 26.6. The smallest absolute Gasteiger partial charge is 0.135 e. The molecule has 0 saturated carbocycles. The first kappa shape index (κ1) is 29.7. The molecule has 2 aliphatic rings. The summed E-state index contributed by atoms with van der Waals surface area (Å²) in [6.45, 7) is 2.15. The number of aromatic nitrogens is 2. The summed E-state index contributed by atoms with van der Waals surface area (Å²) in [7, 11) is 2.10. The van der Waals surface area contributed by atoms with Crippen LogP contribution >= 0.6 is 0 Å². The Balaban J connectivity index is 0.00000325. The van der Waals surface area contributed by atoms with Crippen LogP contribution in [-0.2, 0) is 26.5 Å². The molecule has 8 aromatic rings. The van der Waals surface area contributed by atoms with Crippen molar-refractivity contribution in [2.45, 2.75) is 5.41 Å². The zero-order chi connectivity index (χ0) is 31.8. The van der Waals surface area contributed by atoms with Crippen LogP contribution in [-0.4, -0.2) is 16.6 Å². The van der Waals surface area contributed by atoms with Gasteiger partial charge >= 0.3 is 0 Å². The first-order chi connectivity index (χ1) is 23.7. The van der Waals surface area contributed by atoms with E-state index in [-0.39, 0.29) is 21.1 Å². The van der Waals surface area contributed by atoms with Crippen LogP contribution in [0.25, 0.3) is 38.8 Å². The van der Waals surface area contributed by atoms with Crippen molar-refractivity contribution in [1.82, 2.24) is 9.55 Å². The number of hydrogen-bond acceptors (Lipinski definition) is 3. The Bertz CT molecular complexity index is 2490. The molecule has 0 spiro atoms. The van der Waals surface area contributed by atoms with E-state index in [0.29, 0.717) is 0 Å². The number of benzene rings is 6. The van der Waals surface area contributed by atoms with Crippen LogP contribution in [0.1, 0.15) is 22.3 Å². The molecule has 0 N–H and O–H groups in total. The molecule has 0 amide bonds. The number of para-hydroxylation sites is 3. The van der Waals surface area contributed by atoms with E-state index in [9.17, 15) is 0 Å². The van der Waals surface area contributed by atoms with Gasteiger partial charge in [-0.3, -0.25) is 0 Å². The van der Waals surface area contributed by atoms with Crippen LogP contribution in [0.2, 0.25) is 0 Å². The van der Waals surface area contributed by atoms with Gasteiger partial charge in [-0.05, 0) is 65.0 Å². The summed E-state index contributed by atoms with van der Waals surface area (Å²) >= 11 is 0. The van der Waals surface area contributed by atoms with E-state index in [1.807, 2.05) is 18.3 Å². The van der Waals surface area contributed by atoms with Gasteiger partial charge in [-0.15, -0.1) is 22.2 Å². The number of nitrogens with zero attached hydrogens (tertiary/aromatic N) is 4. The molecule has 1 aliphatic carbocycles. The molecule has 4 nitrogen and oxygen atoms in total. The number of hydrogen-bond donors (Lipinski definition) is 0. The molecule has 0 saturated heterocycles. The number of fused-ring (bicyclic) bond motifs is 7. The summed E-state index contributed by atoms with van der Waals surface area (Å²) in [4.78, 5) is 9.21. The van der Waals surface area contributed by atoms with Crippen molar-refractivity contribution in [2.75, 3.05) is 16.8 Å². The first-order valence-electron chi connectivity index (χ1n) is 16.3. The fourth-order valence-electron chi connectivity index (χ4n) is 8.07. The topological polar surface area (TPSA) is 24.3 Å². The van der Waals surface area contributed by atoms with Crippen molar-refractivity contribution >= 4 is 38.9 Å². The number of rotatable bonds is 4. The second kappa shape index (κ2) is 11.3. The van der Waals surface area contributed by atoms with E-state index >= 15 is 0 Å². The van der Waals surface area contributed by atoms with Crippen molar-refractivity contribution in [3.05, 3.63) is 193 Å². The van der Waals surface area contributed by atoms with Gasteiger partial charge in [0, 0.05) is 49.6 Å². The van der Waals surface area contributed by atoms with Crippen molar-refractivity contribution < 1.29 is 21.1 Å². The van der Waals surface area contributed by atoms with Crippen LogP contribution in [0.15, 0.2) is 152 Å². The largest absolute Gasteiger partial charge is 0.504 e. The molecular formula is C44H29N4Pt-3. The van der Waals surface area contributed by atoms with Crippen molar-refractivity contribution in [2.24, 2.45) is 0 Å². The SMILES string of the molecule is CN1[CH-]N(c2[c-]c(C3(c4[c-]c5c(cc4)c4ccccc4n5-c4ccccn4)c4ccccc4-c4ccccc43)ccc2)c2ccccc21.[Pt]. The van der Waals surface area contributed by atoms with Crippen LogP contribution in [0.3, 0.4) is 0 Å². The molecule has 2 aromatic heterocycles. The van der Waals surface area contributed by atoms with Gasteiger partial charge in [0.1, 0.15) is 5.82 Å². The normalized spacial score (nSPS) is 14.1. The predicted octanol–water partition coefficient (Wildman–Crippen LogP) is 9.85. The average Bonchev–Trinajstić information content (AvgIpc) is 3.78. The summed E-state index contributed by atoms with van der Waals surface area (Å²) in [6, 6.07) is 59.9. The van der Waals surface area contributed by atoms with Gasteiger partial charge in [-0.2, -0.15) is 49.1 Å². The van der Waals surface area contributed by atoms with Crippen molar-refractivity contribution in [3.63, 3.8) is 0 Å². The molecule has 0 unspecified atom stereocenters. The maximum absolute atomic E-state index is 4.80. The Labute approximate surface area is 300 Å². The van der Waals surface area contributed by atoms with E-state index in [4.69, 9.17) is 4.98 Å². The fourth-order valence-corrected chi connectivity index (χ4v) is 8.07. The zero-order valence-corrected chi connectivity index (χ0v) is 28.9. The summed E-state index contributed by atoms with van der Waals surface area (Å²) in [5.41, 5.74) is 11.9. The Hall–Kier alpha value is -5.44. The fraction of sp³-hybridized carbons (Fsp3) is 0.0455. The predicted molar refractivity (Wildman–Crippen MR) is 195 cm³/mol. The van der Waals surface area contributed by atoms with Gasteiger partial charge in [-0.25, -0.2) is 4.98 Å². The molecule has 0 radical (unpaired) electrons. The standard InChI is InChI=1S/C44H29N4.Pt/c1-46-29-47(41-22-9-8-21-40(41)46)32-14-12-13-30(27-32)44(37-18-5-2-15-33(37)34-16-3-6-19-38(34)44)31-24-25-36-35-17-4-7-20-39(35)48(42(36)28-31)43-23-10-11-26-45-43;/h2-26,29H,1H3;/q-3;. The van der Waals surface area contributed by atoms with E-state index in [1.54, 1.807) is 0 Å². The van der Waals surface area contributed by atoms with E-state index in [2.05, 4.69) is 174 Å². The minimum absolute atomic E-state index is 0. The molecule has 5 heteroatoms. The van der Waals surface area contributed by atoms with Crippen molar-refractivity contribution in [3.8, 4) is 16.9 Å². The van der Waals surface area contributed by atoms with Gasteiger partial charge in [-0.1, -0.05) is 90.4 Å². The quantitative estimate of drug-likeness (QED) is 0.166. The maximum atomic E-state index is 4.80. The van der Waals surface area contributed by atoms with Gasteiger partial charge in [0.2, 0.25) is 0 Å². The molecule has 49 heavy (non-hydrogen) atoms. The van der Waals surface area contributed by atoms with Gasteiger partial charge in [0.15, 0.2) is 0 Å². The minimum atomic E-state index is -0.659. The Morgan fingerprint density at radius 1 is 0.592 bits per heavy atom. The Morgan fingerprint density at radius 2 is 1.27 bits per heavy atom. The number of pyridine rings is 1. The van der Waals surface area contributed by atoms with E-state index in [1.165, 1.54) is 33.3 Å². The summed E-state index contributed by atoms with van der Waals surface area (Å²) in [5, 5.41) is 2.34.